The summed E-state index contributed by atoms with van der Waals surface area (Å²) < 4.78 is 38.3. The van der Waals surface area contributed by atoms with E-state index in [4.69, 9.17) is 11.6 Å². The van der Waals surface area contributed by atoms with Gasteiger partial charge in [-0.05, 0) is 63.0 Å². The fourth-order valence-electron chi connectivity index (χ4n) is 3.04. The van der Waals surface area contributed by atoms with Crippen molar-refractivity contribution in [2.45, 2.75) is 26.2 Å². The third kappa shape index (κ3) is 6.93. The molecule has 0 atom stereocenters. The summed E-state index contributed by atoms with van der Waals surface area (Å²) in [5, 5.41) is 2.55. The number of piperidine rings is 1. The highest BCUT2D eigenvalue weighted by atomic mass is 35.5. The van der Waals surface area contributed by atoms with Gasteiger partial charge in [-0.1, -0.05) is 18.5 Å². The maximum atomic E-state index is 13.3. The zero-order chi connectivity index (χ0) is 20.0. The van der Waals surface area contributed by atoms with E-state index in [-0.39, 0.29) is 17.3 Å². The van der Waals surface area contributed by atoms with Gasteiger partial charge in [-0.15, -0.1) is 0 Å². The van der Waals surface area contributed by atoms with Crippen LogP contribution in [0, 0.1) is 11.7 Å². The fraction of sp³-hybridized carbons (Fsp3) is 0.611. The van der Waals surface area contributed by atoms with Gasteiger partial charge in [0.15, 0.2) is 0 Å². The van der Waals surface area contributed by atoms with Gasteiger partial charge in [-0.3, -0.25) is 9.10 Å². The van der Waals surface area contributed by atoms with Crippen molar-refractivity contribution in [1.82, 2.24) is 10.2 Å². The van der Waals surface area contributed by atoms with E-state index in [1.807, 2.05) is 0 Å². The summed E-state index contributed by atoms with van der Waals surface area (Å²) in [7, 11) is -3.71. The van der Waals surface area contributed by atoms with Crippen molar-refractivity contribution in [3.8, 4) is 0 Å². The molecule has 9 heteroatoms. The van der Waals surface area contributed by atoms with Crippen LogP contribution in [0.3, 0.4) is 0 Å². The Hall–Kier alpha value is -1.38. The Balaban J connectivity index is 1.84. The maximum Gasteiger partial charge on any atom is 0.240 e. The Morgan fingerprint density at radius 2 is 2.04 bits per heavy atom. The van der Waals surface area contributed by atoms with Gasteiger partial charge in [0.05, 0.1) is 17.0 Å². The number of hydrogen-bond acceptors (Lipinski definition) is 4. The molecule has 1 fully saturated rings. The van der Waals surface area contributed by atoms with E-state index in [2.05, 4.69) is 17.1 Å². The Morgan fingerprint density at radius 3 is 2.63 bits per heavy atom. The average Bonchev–Trinajstić information content (AvgIpc) is 2.60. The number of amides is 1. The molecule has 27 heavy (non-hydrogen) atoms. The Kier molecular flexibility index (Phi) is 7.88. The molecule has 1 aromatic rings. The van der Waals surface area contributed by atoms with Gasteiger partial charge in [0, 0.05) is 6.54 Å². The highest BCUT2D eigenvalue weighted by molar-refractivity contribution is 7.92. The van der Waals surface area contributed by atoms with Crippen molar-refractivity contribution in [1.29, 1.82) is 0 Å². The highest BCUT2D eigenvalue weighted by Crippen LogP contribution is 2.24. The molecule has 0 radical (unpaired) electrons. The van der Waals surface area contributed by atoms with Gasteiger partial charge < -0.3 is 10.2 Å². The summed E-state index contributed by atoms with van der Waals surface area (Å²) >= 11 is 5.73. The molecule has 2 rings (SSSR count). The molecule has 0 spiro atoms. The number of halogens is 2. The molecule has 0 bridgehead atoms. The SMILES string of the molecule is CC1CCN(CCCNC(=O)CN(c2ccc(F)c(Cl)c2)S(C)(=O)=O)CC1. The monoisotopic (exact) mass is 419 g/mol. The number of carbonyl (C=O) groups is 1. The first-order valence-corrected chi connectivity index (χ1v) is 11.3. The van der Waals surface area contributed by atoms with Gasteiger partial charge in [0.2, 0.25) is 15.9 Å². The van der Waals surface area contributed by atoms with Gasteiger partial charge in [-0.25, -0.2) is 12.8 Å². The van der Waals surface area contributed by atoms with Crippen molar-refractivity contribution in [3.05, 3.63) is 29.0 Å². The first kappa shape index (κ1) is 21.9. The van der Waals surface area contributed by atoms with Gasteiger partial charge in [0.1, 0.15) is 12.4 Å². The summed E-state index contributed by atoms with van der Waals surface area (Å²) in [6.45, 7) is 5.45. The third-order valence-corrected chi connectivity index (χ3v) is 6.16. The summed E-state index contributed by atoms with van der Waals surface area (Å²) in [6, 6.07) is 3.56. The molecule has 1 saturated heterocycles. The lowest BCUT2D eigenvalue weighted by molar-refractivity contribution is -0.119. The smallest absolute Gasteiger partial charge is 0.240 e. The number of hydrogen-bond donors (Lipinski definition) is 1. The molecule has 0 saturated carbocycles. The second kappa shape index (κ2) is 9.71. The zero-order valence-corrected chi connectivity index (χ0v) is 17.3. The average molecular weight is 420 g/mol. The Bertz CT molecular complexity index is 752. The minimum absolute atomic E-state index is 0.154. The van der Waals surface area contributed by atoms with E-state index in [1.165, 1.54) is 25.0 Å². The van der Waals surface area contributed by atoms with Crippen molar-refractivity contribution in [2.75, 3.05) is 43.3 Å². The number of anilines is 1. The lowest BCUT2D eigenvalue weighted by atomic mass is 9.99. The van der Waals surface area contributed by atoms with E-state index in [0.29, 0.717) is 6.54 Å². The second-order valence-electron chi connectivity index (χ2n) is 7.10. The standard InChI is InChI=1S/C18H27ClFN3O3S/c1-14-6-10-22(11-7-14)9-3-8-21-18(24)13-23(27(2,25)26)15-4-5-17(20)16(19)12-15/h4-5,12,14H,3,6-11,13H2,1-2H3,(H,21,24). The Labute approximate surface area is 165 Å². The van der Waals surface area contributed by atoms with Crippen molar-refractivity contribution >= 4 is 33.2 Å². The van der Waals surface area contributed by atoms with Crippen LogP contribution in [0.15, 0.2) is 18.2 Å². The number of rotatable bonds is 8. The number of nitrogens with zero attached hydrogens (tertiary/aromatic N) is 2. The van der Waals surface area contributed by atoms with E-state index in [0.717, 1.165) is 48.6 Å². The van der Waals surface area contributed by atoms with Crippen LogP contribution in [-0.4, -0.2) is 58.2 Å². The van der Waals surface area contributed by atoms with E-state index >= 15 is 0 Å². The molecular weight excluding hydrogens is 393 g/mol. The van der Waals surface area contributed by atoms with Crippen LogP contribution >= 0.6 is 11.6 Å². The second-order valence-corrected chi connectivity index (χ2v) is 9.41. The van der Waals surface area contributed by atoms with E-state index < -0.39 is 21.7 Å². The number of benzene rings is 1. The molecule has 1 aromatic carbocycles. The molecular formula is C18H27ClFN3O3S. The minimum atomic E-state index is -3.71. The van der Waals surface area contributed by atoms with Gasteiger partial charge >= 0.3 is 0 Å². The molecule has 1 aliphatic rings. The van der Waals surface area contributed by atoms with Crippen molar-refractivity contribution in [3.63, 3.8) is 0 Å². The largest absolute Gasteiger partial charge is 0.354 e. The quantitative estimate of drug-likeness (QED) is 0.657. The fourth-order valence-corrected chi connectivity index (χ4v) is 4.07. The summed E-state index contributed by atoms with van der Waals surface area (Å²) in [5.74, 6) is -0.276. The number of carbonyl (C=O) groups excluding carboxylic acids is 1. The van der Waals surface area contributed by atoms with Crippen LogP contribution in [-0.2, 0) is 14.8 Å². The predicted octanol–water partition coefficient (Wildman–Crippen LogP) is 2.48. The van der Waals surface area contributed by atoms with Crippen LogP contribution in [0.4, 0.5) is 10.1 Å². The lowest BCUT2D eigenvalue weighted by Gasteiger charge is -2.30. The van der Waals surface area contributed by atoms with Crippen molar-refractivity contribution < 1.29 is 17.6 Å². The zero-order valence-electron chi connectivity index (χ0n) is 15.7. The summed E-state index contributed by atoms with van der Waals surface area (Å²) in [6.07, 6.45) is 4.21. The molecule has 1 N–H and O–H groups in total. The number of sulfonamides is 1. The van der Waals surface area contributed by atoms with E-state index in [9.17, 15) is 17.6 Å². The van der Waals surface area contributed by atoms with Gasteiger partial charge in [0.25, 0.3) is 0 Å². The van der Waals surface area contributed by atoms with Crippen LogP contribution in [0.5, 0.6) is 0 Å². The number of likely N-dealkylation sites (tertiary alicyclic amines) is 1. The number of nitrogens with one attached hydrogen (secondary N) is 1. The third-order valence-electron chi connectivity index (χ3n) is 4.73. The summed E-state index contributed by atoms with van der Waals surface area (Å²) in [5.41, 5.74) is 0.154. The Morgan fingerprint density at radius 1 is 1.37 bits per heavy atom. The molecule has 0 aromatic heterocycles. The normalized spacial score (nSPS) is 16.3. The van der Waals surface area contributed by atoms with Crippen LogP contribution in [0.25, 0.3) is 0 Å². The molecule has 1 aliphatic heterocycles. The molecule has 152 valence electrons. The maximum absolute atomic E-state index is 13.3. The highest BCUT2D eigenvalue weighted by Gasteiger charge is 2.22. The van der Waals surface area contributed by atoms with Crippen LogP contribution in [0.1, 0.15) is 26.2 Å². The molecule has 1 amide bonds. The minimum Gasteiger partial charge on any atom is -0.354 e. The van der Waals surface area contributed by atoms with Crippen LogP contribution in [0.2, 0.25) is 5.02 Å². The summed E-state index contributed by atoms with van der Waals surface area (Å²) in [4.78, 5) is 14.6. The molecule has 0 aliphatic carbocycles. The molecule has 1 heterocycles. The first-order valence-electron chi connectivity index (χ1n) is 9.08. The van der Waals surface area contributed by atoms with E-state index in [1.54, 1.807) is 0 Å². The van der Waals surface area contributed by atoms with Crippen molar-refractivity contribution in [2.24, 2.45) is 5.92 Å². The topological polar surface area (TPSA) is 69.7 Å². The molecule has 0 unspecified atom stereocenters. The lowest BCUT2D eigenvalue weighted by Crippen LogP contribution is -2.41. The van der Waals surface area contributed by atoms with Gasteiger partial charge in [-0.2, -0.15) is 0 Å². The van der Waals surface area contributed by atoms with Crippen LogP contribution < -0.4 is 9.62 Å². The predicted molar refractivity (Wildman–Crippen MR) is 106 cm³/mol. The molecule has 6 nitrogen and oxygen atoms in total. The first-order chi connectivity index (χ1) is 12.7.